The third-order valence-electron chi connectivity index (χ3n) is 3.55. The number of aromatic nitrogens is 2. The van der Waals surface area contributed by atoms with Crippen LogP contribution in [0.2, 0.25) is 0 Å². The van der Waals surface area contributed by atoms with Gasteiger partial charge in [0.05, 0.1) is 7.11 Å². The van der Waals surface area contributed by atoms with E-state index in [1.54, 1.807) is 13.4 Å². The first-order valence-corrected chi connectivity index (χ1v) is 7.24. The minimum Gasteiger partial charge on any atom is -0.490 e. The molecule has 0 bridgehead atoms. The number of nitrogens with zero attached hydrogens (tertiary/aromatic N) is 2. The molecule has 0 atom stereocenters. The van der Waals surface area contributed by atoms with E-state index < -0.39 is 0 Å². The number of methoxy groups -OCH3 is 1. The van der Waals surface area contributed by atoms with Crippen molar-refractivity contribution in [3.63, 3.8) is 0 Å². The fraction of sp³-hybridized carbons (Fsp3) is 0.714. The van der Waals surface area contributed by atoms with Gasteiger partial charge in [0.15, 0.2) is 11.6 Å². The van der Waals surface area contributed by atoms with Gasteiger partial charge in [0.25, 0.3) is 0 Å². The zero-order chi connectivity index (χ0) is 13.5. The molecule has 2 N–H and O–H groups in total. The highest BCUT2D eigenvalue weighted by Crippen LogP contribution is 2.31. The number of ether oxygens (including phenoxy) is 1. The molecule has 5 nitrogen and oxygen atoms in total. The average Bonchev–Trinajstić information content (AvgIpc) is 2.68. The molecule has 0 aromatic carbocycles. The van der Waals surface area contributed by atoms with Crippen molar-refractivity contribution in [1.29, 1.82) is 0 Å². The number of nitrogens with one attached hydrogen (secondary N) is 2. The minimum atomic E-state index is 0.501. The molecule has 1 heterocycles. The van der Waals surface area contributed by atoms with E-state index in [9.17, 15) is 0 Å². The molecule has 19 heavy (non-hydrogen) atoms. The summed E-state index contributed by atoms with van der Waals surface area (Å²) in [6.45, 7) is 2.86. The first kappa shape index (κ1) is 13.9. The molecule has 1 fully saturated rings. The predicted molar refractivity (Wildman–Crippen MR) is 77.9 cm³/mol. The second-order valence-corrected chi connectivity index (χ2v) is 4.97. The molecule has 0 unspecified atom stereocenters. The van der Waals surface area contributed by atoms with Crippen molar-refractivity contribution in [2.45, 2.75) is 51.5 Å². The van der Waals surface area contributed by atoms with Crippen molar-refractivity contribution in [2.24, 2.45) is 0 Å². The highest BCUT2D eigenvalue weighted by atomic mass is 16.5. The fourth-order valence-corrected chi connectivity index (χ4v) is 2.58. The number of hydrogen-bond acceptors (Lipinski definition) is 5. The van der Waals surface area contributed by atoms with E-state index in [1.165, 1.54) is 38.5 Å². The van der Waals surface area contributed by atoms with E-state index in [4.69, 9.17) is 4.74 Å². The lowest BCUT2D eigenvalue weighted by atomic mass is 10.1. The van der Waals surface area contributed by atoms with Crippen LogP contribution in [0.3, 0.4) is 0 Å². The summed E-state index contributed by atoms with van der Waals surface area (Å²) >= 11 is 0. The lowest BCUT2D eigenvalue weighted by Crippen LogP contribution is -2.20. The largest absolute Gasteiger partial charge is 0.490 e. The van der Waals surface area contributed by atoms with Gasteiger partial charge in [-0.15, -0.1) is 0 Å². The molecule has 0 saturated heterocycles. The molecular weight excluding hydrogens is 240 g/mol. The highest BCUT2D eigenvalue weighted by Gasteiger charge is 2.17. The summed E-state index contributed by atoms with van der Waals surface area (Å²) in [6.07, 6.45) is 9.30. The molecular formula is C14H24N4O. The topological polar surface area (TPSA) is 59.1 Å². The SMILES string of the molecule is CCNc1ncnc(NC2CCCCCC2)c1OC. The molecule has 0 amide bonds. The Morgan fingerprint density at radius 3 is 2.47 bits per heavy atom. The normalized spacial score (nSPS) is 16.7. The van der Waals surface area contributed by atoms with Crippen LogP contribution in [0.4, 0.5) is 11.6 Å². The van der Waals surface area contributed by atoms with E-state index >= 15 is 0 Å². The van der Waals surface area contributed by atoms with Crippen LogP contribution in [-0.2, 0) is 0 Å². The molecule has 1 saturated carbocycles. The Kier molecular flexibility index (Phi) is 5.24. The van der Waals surface area contributed by atoms with Crippen molar-refractivity contribution in [3.8, 4) is 5.75 Å². The van der Waals surface area contributed by atoms with Gasteiger partial charge in [-0.25, -0.2) is 9.97 Å². The summed E-state index contributed by atoms with van der Waals surface area (Å²) in [5.74, 6) is 2.28. The monoisotopic (exact) mass is 264 g/mol. The number of anilines is 2. The van der Waals surface area contributed by atoms with Gasteiger partial charge in [-0.05, 0) is 19.8 Å². The Morgan fingerprint density at radius 2 is 1.84 bits per heavy atom. The minimum absolute atomic E-state index is 0.501. The summed E-state index contributed by atoms with van der Waals surface area (Å²) in [5.41, 5.74) is 0. The van der Waals surface area contributed by atoms with E-state index in [0.29, 0.717) is 11.8 Å². The molecule has 1 aromatic heterocycles. The van der Waals surface area contributed by atoms with Gasteiger partial charge in [-0.1, -0.05) is 25.7 Å². The summed E-state index contributed by atoms with van der Waals surface area (Å²) in [7, 11) is 1.66. The molecule has 0 spiro atoms. The molecule has 1 aliphatic carbocycles. The number of hydrogen-bond donors (Lipinski definition) is 2. The van der Waals surface area contributed by atoms with Gasteiger partial charge in [0.2, 0.25) is 5.75 Å². The first-order chi connectivity index (χ1) is 9.35. The Balaban J connectivity index is 2.11. The summed E-state index contributed by atoms with van der Waals surface area (Å²) in [6, 6.07) is 0.501. The first-order valence-electron chi connectivity index (χ1n) is 7.24. The fourth-order valence-electron chi connectivity index (χ4n) is 2.58. The molecule has 0 aliphatic heterocycles. The van der Waals surface area contributed by atoms with Crippen molar-refractivity contribution >= 4 is 11.6 Å². The van der Waals surface area contributed by atoms with E-state index in [0.717, 1.165) is 18.2 Å². The molecule has 1 aliphatic rings. The van der Waals surface area contributed by atoms with Crippen molar-refractivity contribution < 1.29 is 4.74 Å². The van der Waals surface area contributed by atoms with Gasteiger partial charge in [0, 0.05) is 12.6 Å². The zero-order valence-electron chi connectivity index (χ0n) is 11.9. The van der Waals surface area contributed by atoms with Crippen molar-refractivity contribution in [2.75, 3.05) is 24.3 Å². The van der Waals surface area contributed by atoms with Crippen LogP contribution in [0.25, 0.3) is 0 Å². The van der Waals surface area contributed by atoms with Crippen LogP contribution in [0.1, 0.15) is 45.4 Å². The number of rotatable bonds is 5. The maximum atomic E-state index is 5.45. The van der Waals surface area contributed by atoms with Crippen LogP contribution in [-0.4, -0.2) is 29.7 Å². The Labute approximate surface area is 115 Å². The second-order valence-electron chi connectivity index (χ2n) is 4.97. The lowest BCUT2D eigenvalue weighted by Gasteiger charge is -2.19. The van der Waals surface area contributed by atoms with Crippen LogP contribution in [0, 0.1) is 0 Å². The van der Waals surface area contributed by atoms with E-state index in [2.05, 4.69) is 20.6 Å². The van der Waals surface area contributed by atoms with Crippen LogP contribution < -0.4 is 15.4 Å². The molecule has 106 valence electrons. The van der Waals surface area contributed by atoms with Gasteiger partial charge >= 0.3 is 0 Å². The standard InChI is InChI=1S/C14H24N4O/c1-3-15-13-12(19-2)14(17-10-16-13)18-11-8-6-4-5-7-9-11/h10-11H,3-9H2,1-2H3,(H2,15,16,17,18). The Morgan fingerprint density at radius 1 is 1.16 bits per heavy atom. The summed E-state index contributed by atoms with van der Waals surface area (Å²) < 4.78 is 5.45. The van der Waals surface area contributed by atoms with E-state index in [-0.39, 0.29) is 0 Å². The van der Waals surface area contributed by atoms with Gasteiger partial charge in [0.1, 0.15) is 6.33 Å². The predicted octanol–water partition coefficient (Wildman–Crippen LogP) is 3.05. The maximum absolute atomic E-state index is 5.45. The molecule has 2 rings (SSSR count). The summed E-state index contributed by atoms with van der Waals surface area (Å²) in [4.78, 5) is 8.55. The van der Waals surface area contributed by atoms with Gasteiger partial charge in [-0.3, -0.25) is 0 Å². The van der Waals surface area contributed by atoms with Crippen LogP contribution >= 0.6 is 0 Å². The third kappa shape index (κ3) is 3.72. The van der Waals surface area contributed by atoms with Crippen molar-refractivity contribution in [3.05, 3.63) is 6.33 Å². The quantitative estimate of drug-likeness (QED) is 0.800. The van der Waals surface area contributed by atoms with Crippen LogP contribution in [0.15, 0.2) is 6.33 Å². The molecule has 1 aromatic rings. The summed E-state index contributed by atoms with van der Waals surface area (Å²) in [5, 5.41) is 6.72. The zero-order valence-corrected chi connectivity index (χ0v) is 11.9. The van der Waals surface area contributed by atoms with E-state index in [1.807, 2.05) is 6.92 Å². The average molecular weight is 264 g/mol. The smallest absolute Gasteiger partial charge is 0.204 e. The Hall–Kier alpha value is -1.52. The highest BCUT2D eigenvalue weighted by molar-refractivity contribution is 5.63. The lowest BCUT2D eigenvalue weighted by molar-refractivity contribution is 0.413. The molecule has 0 radical (unpaired) electrons. The van der Waals surface area contributed by atoms with Crippen LogP contribution in [0.5, 0.6) is 5.75 Å². The third-order valence-corrected chi connectivity index (χ3v) is 3.55. The second kappa shape index (κ2) is 7.16. The Bertz CT molecular complexity index is 389. The van der Waals surface area contributed by atoms with Gasteiger partial charge < -0.3 is 15.4 Å². The maximum Gasteiger partial charge on any atom is 0.204 e. The van der Waals surface area contributed by atoms with Gasteiger partial charge in [-0.2, -0.15) is 0 Å². The molecule has 5 heteroatoms. The van der Waals surface area contributed by atoms with Crippen molar-refractivity contribution in [1.82, 2.24) is 9.97 Å².